The first-order valence-corrected chi connectivity index (χ1v) is 10.8. The number of aromatic nitrogens is 2. The number of nitrogens with zero attached hydrogens (tertiary/aromatic N) is 4. The fraction of sp³-hybridized carbons (Fsp3) is 0.320. The Hall–Kier alpha value is -3.41. The molecular formula is C25H26N4O2. The minimum atomic E-state index is 0.0994. The molecule has 1 aromatic heterocycles. The van der Waals surface area contributed by atoms with Gasteiger partial charge in [-0.3, -0.25) is 4.79 Å². The Morgan fingerprint density at radius 3 is 2.58 bits per heavy atom. The number of hydrogen-bond acceptors (Lipinski definition) is 5. The lowest BCUT2D eigenvalue weighted by atomic mass is 10.1. The van der Waals surface area contributed by atoms with E-state index in [1.54, 1.807) is 7.11 Å². The number of methoxy groups -OCH3 is 1. The second-order valence-electron chi connectivity index (χ2n) is 8.14. The Morgan fingerprint density at radius 2 is 1.81 bits per heavy atom. The zero-order chi connectivity index (χ0) is 21.2. The molecule has 0 spiro atoms. The molecule has 2 heterocycles. The highest BCUT2D eigenvalue weighted by molar-refractivity contribution is 5.83. The van der Waals surface area contributed by atoms with Crippen molar-refractivity contribution >= 4 is 11.7 Å². The summed E-state index contributed by atoms with van der Waals surface area (Å²) in [5, 5.41) is 0. The molecule has 2 unspecified atom stereocenters. The zero-order valence-electron chi connectivity index (χ0n) is 17.6. The SMILES string of the molecule is COc1cccc(C2CC2C(=O)N2CCN(c3ccnc(-c4ccccc4)n3)CC2)c1. The van der Waals surface area contributed by atoms with E-state index in [0.717, 1.165) is 55.6 Å². The predicted molar refractivity (Wildman–Crippen MR) is 120 cm³/mol. The molecule has 6 nitrogen and oxygen atoms in total. The van der Waals surface area contributed by atoms with Gasteiger partial charge in [0.1, 0.15) is 11.6 Å². The third kappa shape index (κ3) is 4.10. The van der Waals surface area contributed by atoms with E-state index in [4.69, 9.17) is 9.72 Å². The average Bonchev–Trinajstić information content (AvgIpc) is 3.65. The van der Waals surface area contributed by atoms with Crippen LogP contribution in [0.15, 0.2) is 66.9 Å². The molecule has 1 saturated heterocycles. The minimum Gasteiger partial charge on any atom is -0.497 e. The van der Waals surface area contributed by atoms with Gasteiger partial charge in [-0.15, -0.1) is 0 Å². The van der Waals surface area contributed by atoms with Crippen molar-refractivity contribution in [2.45, 2.75) is 12.3 Å². The average molecular weight is 415 g/mol. The van der Waals surface area contributed by atoms with Crippen molar-refractivity contribution in [3.63, 3.8) is 0 Å². The number of rotatable bonds is 5. The van der Waals surface area contributed by atoms with Crippen LogP contribution in [-0.2, 0) is 4.79 Å². The Bertz CT molecular complexity index is 1060. The van der Waals surface area contributed by atoms with Crippen molar-refractivity contribution in [1.82, 2.24) is 14.9 Å². The number of carbonyl (C=O) groups is 1. The first-order valence-electron chi connectivity index (χ1n) is 10.8. The third-order valence-electron chi connectivity index (χ3n) is 6.22. The maximum atomic E-state index is 13.0. The van der Waals surface area contributed by atoms with Crippen molar-refractivity contribution in [2.24, 2.45) is 5.92 Å². The molecule has 1 aliphatic carbocycles. The maximum Gasteiger partial charge on any atom is 0.226 e. The van der Waals surface area contributed by atoms with Crippen LogP contribution in [0.1, 0.15) is 17.9 Å². The molecule has 1 amide bonds. The van der Waals surface area contributed by atoms with Gasteiger partial charge in [-0.05, 0) is 36.1 Å². The summed E-state index contributed by atoms with van der Waals surface area (Å²) in [7, 11) is 1.68. The van der Waals surface area contributed by atoms with E-state index < -0.39 is 0 Å². The van der Waals surface area contributed by atoms with Crippen LogP contribution in [0.2, 0.25) is 0 Å². The summed E-state index contributed by atoms with van der Waals surface area (Å²) in [6.07, 6.45) is 2.74. The summed E-state index contributed by atoms with van der Waals surface area (Å²) in [5.41, 5.74) is 2.21. The second-order valence-corrected chi connectivity index (χ2v) is 8.14. The number of piperazine rings is 1. The lowest BCUT2D eigenvalue weighted by Gasteiger charge is -2.35. The van der Waals surface area contributed by atoms with Crippen LogP contribution in [0.4, 0.5) is 5.82 Å². The number of amides is 1. The van der Waals surface area contributed by atoms with Crippen LogP contribution in [0, 0.1) is 5.92 Å². The predicted octanol–water partition coefficient (Wildman–Crippen LogP) is 3.60. The first-order chi connectivity index (χ1) is 15.2. The topological polar surface area (TPSA) is 58.6 Å². The monoisotopic (exact) mass is 414 g/mol. The molecule has 1 saturated carbocycles. The molecule has 158 valence electrons. The van der Waals surface area contributed by atoms with Gasteiger partial charge < -0.3 is 14.5 Å². The Labute approximate surface area is 182 Å². The Kier molecular flexibility index (Phi) is 5.28. The van der Waals surface area contributed by atoms with Gasteiger partial charge in [0, 0.05) is 43.9 Å². The van der Waals surface area contributed by atoms with Crippen LogP contribution in [0.5, 0.6) is 5.75 Å². The number of benzene rings is 2. The van der Waals surface area contributed by atoms with Gasteiger partial charge in [0.25, 0.3) is 0 Å². The lowest BCUT2D eigenvalue weighted by Crippen LogP contribution is -2.49. The molecule has 0 bridgehead atoms. The highest BCUT2D eigenvalue weighted by Gasteiger charge is 2.46. The van der Waals surface area contributed by atoms with E-state index in [2.05, 4.69) is 22.0 Å². The smallest absolute Gasteiger partial charge is 0.226 e. The normalized spacial score (nSPS) is 20.4. The number of carbonyl (C=O) groups excluding carboxylic acids is 1. The van der Waals surface area contributed by atoms with Crippen molar-refractivity contribution in [3.8, 4) is 17.1 Å². The molecule has 3 aromatic rings. The van der Waals surface area contributed by atoms with Gasteiger partial charge in [0.05, 0.1) is 7.11 Å². The molecule has 0 N–H and O–H groups in total. The van der Waals surface area contributed by atoms with E-state index in [1.165, 1.54) is 5.56 Å². The molecule has 2 aliphatic rings. The van der Waals surface area contributed by atoms with Gasteiger partial charge in [-0.1, -0.05) is 42.5 Å². The van der Waals surface area contributed by atoms with Crippen LogP contribution in [-0.4, -0.2) is 54.1 Å². The second kappa shape index (κ2) is 8.38. The van der Waals surface area contributed by atoms with Gasteiger partial charge in [-0.25, -0.2) is 9.97 Å². The van der Waals surface area contributed by atoms with Gasteiger partial charge in [-0.2, -0.15) is 0 Å². The molecule has 31 heavy (non-hydrogen) atoms. The fourth-order valence-corrected chi connectivity index (χ4v) is 4.35. The first kappa shape index (κ1) is 19.5. The summed E-state index contributed by atoms with van der Waals surface area (Å²) >= 11 is 0. The molecular weight excluding hydrogens is 388 g/mol. The highest BCUT2D eigenvalue weighted by Crippen LogP contribution is 2.49. The lowest BCUT2D eigenvalue weighted by molar-refractivity contribution is -0.133. The van der Waals surface area contributed by atoms with Crippen LogP contribution >= 0.6 is 0 Å². The molecule has 2 atom stereocenters. The number of hydrogen-bond donors (Lipinski definition) is 0. The van der Waals surface area contributed by atoms with Crippen molar-refractivity contribution in [1.29, 1.82) is 0 Å². The van der Waals surface area contributed by atoms with Crippen LogP contribution in [0.25, 0.3) is 11.4 Å². The summed E-state index contributed by atoms with van der Waals surface area (Å²) < 4.78 is 5.32. The molecule has 2 fully saturated rings. The summed E-state index contributed by atoms with van der Waals surface area (Å²) in [6, 6.07) is 20.0. The number of anilines is 1. The van der Waals surface area contributed by atoms with Gasteiger partial charge >= 0.3 is 0 Å². The number of ether oxygens (including phenoxy) is 1. The molecule has 5 rings (SSSR count). The van der Waals surface area contributed by atoms with E-state index >= 15 is 0 Å². The van der Waals surface area contributed by atoms with E-state index in [-0.39, 0.29) is 11.8 Å². The van der Waals surface area contributed by atoms with Crippen LogP contribution < -0.4 is 9.64 Å². The fourth-order valence-electron chi connectivity index (χ4n) is 4.35. The maximum absolute atomic E-state index is 13.0. The Morgan fingerprint density at radius 1 is 1.00 bits per heavy atom. The highest BCUT2D eigenvalue weighted by atomic mass is 16.5. The quantitative estimate of drug-likeness (QED) is 0.638. The molecule has 1 aliphatic heterocycles. The molecule has 2 aromatic carbocycles. The summed E-state index contributed by atoms with van der Waals surface area (Å²) in [6.45, 7) is 3.02. The van der Waals surface area contributed by atoms with Crippen molar-refractivity contribution in [2.75, 3.05) is 38.2 Å². The van der Waals surface area contributed by atoms with E-state index in [0.29, 0.717) is 5.92 Å². The van der Waals surface area contributed by atoms with Crippen LogP contribution in [0.3, 0.4) is 0 Å². The zero-order valence-corrected chi connectivity index (χ0v) is 17.6. The minimum absolute atomic E-state index is 0.0994. The third-order valence-corrected chi connectivity index (χ3v) is 6.22. The molecule has 0 radical (unpaired) electrons. The van der Waals surface area contributed by atoms with Gasteiger partial charge in [0.2, 0.25) is 5.91 Å². The molecule has 6 heteroatoms. The largest absolute Gasteiger partial charge is 0.497 e. The van der Waals surface area contributed by atoms with E-state index in [1.807, 2.05) is 59.6 Å². The van der Waals surface area contributed by atoms with Gasteiger partial charge in [0.15, 0.2) is 5.82 Å². The standard InChI is InChI=1S/C25H26N4O2/c1-31-20-9-5-8-19(16-20)21-17-22(21)25(30)29-14-12-28(13-15-29)23-10-11-26-24(27-23)18-6-3-2-4-7-18/h2-11,16,21-22H,12-15,17H2,1H3. The Balaban J connectivity index is 1.20. The summed E-state index contributed by atoms with van der Waals surface area (Å²) in [5.74, 6) is 3.19. The summed E-state index contributed by atoms with van der Waals surface area (Å²) in [4.78, 5) is 26.5. The van der Waals surface area contributed by atoms with E-state index in [9.17, 15) is 4.79 Å². The van der Waals surface area contributed by atoms with Crippen molar-refractivity contribution < 1.29 is 9.53 Å². The van der Waals surface area contributed by atoms with Crippen molar-refractivity contribution in [3.05, 3.63) is 72.4 Å².